The third kappa shape index (κ3) is 3.85. The van der Waals surface area contributed by atoms with Crippen molar-refractivity contribution in [2.24, 2.45) is 5.16 Å². The molecular formula is C16H13N2O2. The van der Waals surface area contributed by atoms with Crippen molar-refractivity contribution in [3.63, 3.8) is 0 Å². The van der Waals surface area contributed by atoms with Gasteiger partial charge in [-0.2, -0.15) is 5.26 Å². The Kier molecular flexibility index (Phi) is 4.74. The lowest BCUT2D eigenvalue weighted by Crippen LogP contribution is -1.89. The summed E-state index contributed by atoms with van der Waals surface area (Å²) >= 11 is 0. The van der Waals surface area contributed by atoms with Gasteiger partial charge in [0.15, 0.2) is 0 Å². The van der Waals surface area contributed by atoms with Crippen LogP contribution in [0.15, 0.2) is 53.7 Å². The lowest BCUT2D eigenvalue weighted by Gasteiger charge is -2.00. The largest absolute Gasteiger partial charge is 0.497 e. The minimum Gasteiger partial charge on any atom is -0.497 e. The second kappa shape index (κ2) is 6.95. The molecule has 0 spiro atoms. The van der Waals surface area contributed by atoms with Crippen molar-refractivity contribution in [2.75, 3.05) is 7.11 Å². The number of benzene rings is 2. The molecule has 0 heterocycles. The number of hydrogen-bond acceptors (Lipinski definition) is 4. The van der Waals surface area contributed by atoms with Crippen LogP contribution in [-0.4, -0.2) is 13.3 Å². The summed E-state index contributed by atoms with van der Waals surface area (Å²) in [6, 6.07) is 16.6. The highest BCUT2D eigenvalue weighted by molar-refractivity contribution is 5.79. The maximum Gasteiger partial charge on any atom is 0.142 e. The maximum absolute atomic E-state index is 8.69. The molecule has 4 heteroatoms. The third-order valence-corrected chi connectivity index (χ3v) is 2.62. The molecule has 99 valence electrons. The quantitative estimate of drug-likeness (QED) is 0.617. The molecule has 0 saturated carbocycles. The van der Waals surface area contributed by atoms with Crippen LogP contribution in [0, 0.1) is 11.3 Å². The van der Waals surface area contributed by atoms with Crippen molar-refractivity contribution in [3.8, 4) is 11.8 Å². The van der Waals surface area contributed by atoms with E-state index < -0.39 is 0 Å². The third-order valence-electron chi connectivity index (χ3n) is 2.62. The topological polar surface area (TPSA) is 54.6 Å². The van der Waals surface area contributed by atoms with Crippen LogP contribution in [0.2, 0.25) is 0 Å². The molecule has 0 unspecified atom stereocenters. The molecule has 0 saturated heterocycles. The molecule has 0 aromatic heterocycles. The standard InChI is InChI=1S/C16H13N2O2/c1-19-16-4-2-3-15(9-16)11-18-20-12-14-7-5-13(10-17)6-8-14/h2-9H,12H2,1H3. The molecule has 0 aliphatic carbocycles. The van der Waals surface area contributed by atoms with E-state index >= 15 is 0 Å². The summed E-state index contributed by atoms with van der Waals surface area (Å²) in [5, 5.41) is 12.5. The molecule has 4 nitrogen and oxygen atoms in total. The zero-order chi connectivity index (χ0) is 14.2. The molecule has 1 radical (unpaired) electrons. The van der Waals surface area contributed by atoms with Crippen molar-refractivity contribution < 1.29 is 9.57 Å². The van der Waals surface area contributed by atoms with Gasteiger partial charge in [-0.15, -0.1) is 0 Å². The van der Waals surface area contributed by atoms with Gasteiger partial charge in [0.05, 0.1) is 18.7 Å². The van der Waals surface area contributed by atoms with Gasteiger partial charge in [-0.25, -0.2) is 0 Å². The van der Waals surface area contributed by atoms with E-state index in [9.17, 15) is 0 Å². The van der Waals surface area contributed by atoms with Crippen LogP contribution in [0.3, 0.4) is 0 Å². The highest BCUT2D eigenvalue weighted by Crippen LogP contribution is 2.11. The fourth-order valence-corrected chi connectivity index (χ4v) is 1.56. The first-order valence-corrected chi connectivity index (χ1v) is 6.03. The van der Waals surface area contributed by atoms with Gasteiger partial charge in [-0.05, 0) is 29.8 Å². The molecule has 0 aliphatic rings. The Labute approximate surface area is 117 Å². The summed E-state index contributed by atoms with van der Waals surface area (Å²) in [7, 11) is 1.61. The van der Waals surface area contributed by atoms with E-state index in [0.29, 0.717) is 12.2 Å². The van der Waals surface area contributed by atoms with Crippen LogP contribution in [0.5, 0.6) is 5.75 Å². The Morgan fingerprint density at radius 2 is 1.90 bits per heavy atom. The van der Waals surface area contributed by atoms with Gasteiger partial charge in [-0.3, -0.25) is 0 Å². The van der Waals surface area contributed by atoms with Crippen LogP contribution < -0.4 is 4.74 Å². The number of rotatable bonds is 5. The van der Waals surface area contributed by atoms with Crippen LogP contribution in [-0.2, 0) is 11.4 Å². The SMILES string of the molecule is COc1cccc(/[C]=N\OCc2ccc(C#N)cc2)c1. The summed E-state index contributed by atoms with van der Waals surface area (Å²) < 4.78 is 5.10. The minimum atomic E-state index is 0.336. The van der Waals surface area contributed by atoms with Gasteiger partial charge in [-0.1, -0.05) is 29.4 Å². The Balaban J connectivity index is 1.88. The molecule has 0 fully saturated rings. The van der Waals surface area contributed by atoms with E-state index in [1.54, 1.807) is 19.2 Å². The summed E-state index contributed by atoms with van der Waals surface area (Å²) in [6.45, 7) is 0.336. The summed E-state index contributed by atoms with van der Waals surface area (Å²) in [5.74, 6) is 0.747. The number of ether oxygens (including phenoxy) is 1. The molecule has 20 heavy (non-hydrogen) atoms. The average Bonchev–Trinajstić information content (AvgIpc) is 2.52. The predicted octanol–water partition coefficient (Wildman–Crippen LogP) is 2.99. The van der Waals surface area contributed by atoms with Crippen LogP contribution >= 0.6 is 0 Å². The van der Waals surface area contributed by atoms with E-state index in [-0.39, 0.29) is 0 Å². The van der Waals surface area contributed by atoms with Crippen LogP contribution in [0.4, 0.5) is 0 Å². The summed E-state index contributed by atoms with van der Waals surface area (Å²) in [4.78, 5) is 5.16. The van der Waals surface area contributed by atoms with Crippen molar-refractivity contribution in [1.82, 2.24) is 0 Å². The first-order chi connectivity index (χ1) is 9.81. The molecule has 0 atom stereocenters. The monoisotopic (exact) mass is 265 g/mol. The minimum absolute atomic E-state index is 0.336. The number of nitriles is 1. The molecule has 0 bridgehead atoms. The lowest BCUT2D eigenvalue weighted by atomic mass is 10.2. The van der Waals surface area contributed by atoms with Gasteiger partial charge < -0.3 is 9.57 Å². The molecule has 0 amide bonds. The van der Waals surface area contributed by atoms with Crippen LogP contribution in [0.1, 0.15) is 16.7 Å². The Hall–Kier alpha value is -2.80. The molecule has 0 N–H and O–H groups in total. The zero-order valence-electron chi connectivity index (χ0n) is 11.0. The normalized spacial score (nSPS) is 10.2. The van der Waals surface area contributed by atoms with Crippen LogP contribution in [0.25, 0.3) is 0 Å². The first-order valence-electron chi connectivity index (χ1n) is 6.03. The zero-order valence-corrected chi connectivity index (χ0v) is 11.0. The highest BCUT2D eigenvalue weighted by Gasteiger charge is 1.95. The van der Waals surface area contributed by atoms with Gasteiger partial charge in [0, 0.05) is 5.56 Å². The summed E-state index contributed by atoms with van der Waals surface area (Å²) in [6.07, 6.45) is 2.78. The second-order valence-electron chi connectivity index (χ2n) is 4.02. The van der Waals surface area contributed by atoms with E-state index in [4.69, 9.17) is 14.8 Å². The fourth-order valence-electron chi connectivity index (χ4n) is 1.56. The Morgan fingerprint density at radius 3 is 2.60 bits per heavy atom. The van der Waals surface area contributed by atoms with Crippen molar-refractivity contribution in [1.29, 1.82) is 5.26 Å². The van der Waals surface area contributed by atoms with Crippen molar-refractivity contribution in [3.05, 3.63) is 65.2 Å². The number of methoxy groups -OCH3 is 1. The lowest BCUT2D eigenvalue weighted by molar-refractivity contribution is 0.132. The van der Waals surface area contributed by atoms with Gasteiger partial charge in [0.1, 0.15) is 18.6 Å². The fraction of sp³-hybridized carbons (Fsp3) is 0.125. The van der Waals surface area contributed by atoms with E-state index in [0.717, 1.165) is 16.9 Å². The Bertz CT molecular complexity index is 628. The molecule has 2 aromatic rings. The molecule has 0 aliphatic heterocycles. The van der Waals surface area contributed by atoms with Crippen molar-refractivity contribution in [2.45, 2.75) is 6.61 Å². The number of nitrogens with zero attached hydrogens (tertiary/aromatic N) is 2. The molecular weight excluding hydrogens is 252 g/mol. The van der Waals surface area contributed by atoms with Gasteiger partial charge >= 0.3 is 0 Å². The first kappa shape index (κ1) is 13.6. The van der Waals surface area contributed by atoms with E-state index in [1.165, 1.54) is 0 Å². The van der Waals surface area contributed by atoms with E-state index in [2.05, 4.69) is 17.4 Å². The van der Waals surface area contributed by atoms with Gasteiger partial charge in [0.2, 0.25) is 0 Å². The van der Waals surface area contributed by atoms with E-state index in [1.807, 2.05) is 36.4 Å². The molecule has 2 aromatic carbocycles. The Morgan fingerprint density at radius 1 is 1.10 bits per heavy atom. The number of hydrogen-bond donors (Lipinski definition) is 0. The molecule has 2 rings (SSSR count). The average molecular weight is 265 g/mol. The van der Waals surface area contributed by atoms with Gasteiger partial charge in [0.25, 0.3) is 0 Å². The summed E-state index contributed by atoms with van der Waals surface area (Å²) in [5.41, 5.74) is 2.35. The highest BCUT2D eigenvalue weighted by atomic mass is 16.6. The van der Waals surface area contributed by atoms with Crippen molar-refractivity contribution >= 4 is 6.21 Å². The smallest absolute Gasteiger partial charge is 0.142 e. The second-order valence-corrected chi connectivity index (χ2v) is 4.02. The predicted molar refractivity (Wildman–Crippen MR) is 75.5 cm³/mol. The maximum atomic E-state index is 8.69.